The van der Waals surface area contributed by atoms with E-state index in [-0.39, 0.29) is 5.91 Å². The summed E-state index contributed by atoms with van der Waals surface area (Å²) < 4.78 is 1.94. The molecule has 1 saturated carbocycles. The summed E-state index contributed by atoms with van der Waals surface area (Å²) in [6.07, 6.45) is 4.72. The Morgan fingerprint density at radius 1 is 1.39 bits per heavy atom. The van der Waals surface area contributed by atoms with E-state index in [0.29, 0.717) is 27.6 Å². The maximum Gasteiger partial charge on any atom is 0.230 e. The van der Waals surface area contributed by atoms with E-state index in [1.54, 1.807) is 28.8 Å². The molecule has 0 saturated heterocycles. The average molecular weight is 435 g/mol. The molecule has 2 heterocycles. The lowest BCUT2D eigenvalue weighted by atomic mass is 10.3. The highest BCUT2D eigenvalue weighted by Crippen LogP contribution is 2.34. The van der Waals surface area contributed by atoms with Crippen LogP contribution in [0.15, 0.2) is 34.8 Å². The second kappa shape index (κ2) is 8.59. The molecule has 1 aromatic carbocycles. The van der Waals surface area contributed by atoms with Gasteiger partial charge in [0.05, 0.1) is 17.4 Å². The van der Waals surface area contributed by atoms with Gasteiger partial charge in [0.1, 0.15) is 0 Å². The number of carbonyl (C=O) groups excluding carboxylic acids is 1. The van der Waals surface area contributed by atoms with Crippen LogP contribution in [-0.2, 0) is 10.5 Å². The lowest BCUT2D eigenvalue weighted by Gasteiger charge is -2.18. The van der Waals surface area contributed by atoms with Crippen molar-refractivity contribution in [3.05, 3.63) is 40.4 Å². The Labute approximate surface area is 176 Å². The Bertz CT molecular complexity index is 968. The van der Waals surface area contributed by atoms with E-state index in [2.05, 4.69) is 20.5 Å². The van der Waals surface area contributed by atoms with Crippen LogP contribution < -0.4 is 4.90 Å². The summed E-state index contributed by atoms with van der Waals surface area (Å²) in [4.78, 5) is 18.4. The fourth-order valence-electron chi connectivity index (χ4n) is 3.30. The van der Waals surface area contributed by atoms with Crippen LogP contribution in [0, 0.1) is 0 Å². The molecule has 0 unspecified atom stereocenters. The van der Waals surface area contributed by atoms with Crippen LogP contribution >= 0.6 is 34.7 Å². The van der Waals surface area contributed by atoms with Crippen LogP contribution in [0.2, 0.25) is 5.02 Å². The van der Waals surface area contributed by atoms with E-state index in [1.807, 2.05) is 22.2 Å². The first-order valence-electron chi connectivity index (χ1n) is 9.03. The van der Waals surface area contributed by atoms with Crippen LogP contribution in [-0.4, -0.2) is 31.1 Å². The predicted molar refractivity (Wildman–Crippen MR) is 111 cm³/mol. The number of benzene rings is 1. The Morgan fingerprint density at radius 3 is 2.96 bits per heavy atom. The van der Waals surface area contributed by atoms with E-state index in [0.717, 1.165) is 23.7 Å². The number of carbonyl (C=O) groups is 1. The van der Waals surface area contributed by atoms with Gasteiger partial charge in [0, 0.05) is 23.1 Å². The standard InChI is InChI=1S/C18H19ClN6OS2/c1-12(26)24(16-8-4-5-13(19)9-16)17-20-14(10-27-17)11-28-18-21-22-23-25(18)15-6-2-3-7-15/h4-5,8-10,15H,2-3,6-7,11H2,1H3. The average Bonchev–Trinajstić information content (AvgIpc) is 3.41. The number of tetrazole rings is 1. The molecule has 2 aromatic heterocycles. The Balaban J connectivity index is 1.48. The summed E-state index contributed by atoms with van der Waals surface area (Å²) in [7, 11) is 0. The van der Waals surface area contributed by atoms with E-state index in [1.165, 1.54) is 31.1 Å². The summed E-state index contributed by atoms with van der Waals surface area (Å²) in [6, 6.07) is 7.61. The molecule has 146 valence electrons. The van der Waals surface area contributed by atoms with Crippen LogP contribution in [0.25, 0.3) is 0 Å². The minimum atomic E-state index is -0.110. The molecule has 0 bridgehead atoms. The third-order valence-electron chi connectivity index (χ3n) is 4.59. The number of halogens is 1. The molecule has 10 heteroatoms. The molecule has 28 heavy (non-hydrogen) atoms. The van der Waals surface area contributed by atoms with Gasteiger partial charge in [0.25, 0.3) is 0 Å². The van der Waals surface area contributed by atoms with E-state index < -0.39 is 0 Å². The van der Waals surface area contributed by atoms with Crippen molar-refractivity contribution in [1.29, 1.82) is 0 Å². The Kier molecular flexibility index (Phi) is 5.93. The number of amides is 1. The molecule has 4 rings (SSSR count). The minimum absolute atomic E-state index is 0.110. The molecule has 1 fully saturated rings. The van der Waals surface area contributed by atoms with Crippen LogP contribution in [0.3, 0.4) is 0 Å². The topological polar surface area (TPSA) is 76.8 Å². The van der Waals surface area contributed by atoms with Crippen molar-refractivity contribution in [2.24, 2.45) is 0 Å². The van der Waals surface area contributed by atoms with Gasteiger partial charge >= 0.3 is 0 Å². The molecular formula is C18H19ClN6OS2. The molecule has 1 amide bonds. The number of anilines is 2. The van der Waals surface area contributed by atoms with E-state index in [4.69, 9.17) is 11.6 Å². The number of rotatable bonds is 6. The second-order valence-electron chi connectivity index (χ2n) is 6.59. The smallest absolute Gasteiger partial charge is 0.230 e. The Hall–Kier alpha value is -1.97. The lowest BCUT2D eigenvalue weighted by molar-refractivity contribution is -0.115. The first-order valence-corrected chi connectivity index (χ1v) is 11.3. The van der Waals surface area contributed by atoms with E-state index >= 15 is 0 Å². The first kappa shape index (κ1) is 19.4. The van der Waals surface area contributed by atoms with Crippen molar-refractivity contribution in [1.82, 2.24) is 25.2 Å². The monoisotopic (exact) mass is 434 g/mol. The molecule has 0 N–H and O–H groups in total. The van der Waals surface area contributed by atoms with Crippen molar-refractivity contribution in [2.75, 3.05) is 4.90 Å². The third kappa shape index (κ3) is 4.21. The van der Waals surface area contributed by atoms with Crippen molar-refractivity contribution in [2.45, 2.75) is 49.6 Å². The van der Waals surface area contributed by atoms with Gasteiger partial charge < -0.3 is 0 Å². The molecule has 7 nitrogen and oxygen atoms in total. The highest BCUT2D eigenvalue weighted by molar-refractivity contribution is 7.98. The highest BCUT2D eigenvalue weighted by Gasteiger charge is 2.22. The summed E-state index contributed by atoms with van der Waals surface area (Å²) in [5.74, 6) is 0.534. The molecule has 0 atom stereocenters. The minimum Gasteiger partial charge on any atom is -0.274 e. The third-order valence-corrected chi connectivity index (χ3v) is 6.67. The maximum absolute atomic E-state index is 12.2. The van der Waals surface area contributed by atoms with Gasteiger partial charge in [0.15, 0.2) is 5.13 Å². The number of thioether (sulfide) groups is 1. The predicted octanol–water partition coefficient (Wildman–Crippen LogP) is 4.88. The number of thiazole rings is 1. The zero-order valence-electron chi connectivity index (χ0n) is 15.3. The van der Waals surface area contributed by atoms with Gasteiger partial charge in [-0.3, -0.25) is 9.69 Å². The quantitative estimate of drug-likeness (QED) is 0.515. The Morgan fingerprint density at radius 2 is 2.21 bits per heavy atom. The second-order valence-corrected chi connectivity index (χ2v) is 8.80. The number of hydrogen-bond donors (Lipinski definition) is 0. The zero-order valence-corrected chi connectivity index (χ0v) is 17.7. The van der Waals surface area contributed by atoms with E-state index in [9.17, 15) is 4.79 Å². The highest BCUT2D eigenvalue weighted by atomic mass is 35.5. The van der Waals surface area contributed by atoms with Crippen molar-refractivity contribution >= 4 is 51.4 Å². The number of nitrogens with zero attached hydrogens (tertiary/aromatic N) is 6. The van der Waals surface area contributed by atoms with Crippen molar-refractivity contribution in [3.8, 4) is 0 Å². The van der Waals surface area contributed by atoms with Crippen LogP contribution in [0.1, 0.15) is 44.3 Å². The van der Waals surface area contributed by atoms with Gasteiger partial charge in [-0.05, 0) is 41.5 Å². The van der Waals surface area contributed by atoms with Crippen LogP contribution in [0.5, 0.6) is 0 Å². The summed E-state index contributed by atoms with van der Waals surface area (Å²) >= 11 is 9.09. The molecule has 3 aromatic rings. The number of hydrogen-bond acceptors (Lipinski definition) is 7. The maximum atomic E-state index is 12.2. The SMILES string of the molecule is CC(=O)N(c1cccc(Cl)c1)c1nc(CSc2nnnn2C2CCCC2)cs1. The fourth-order valence-corrected chi connectivity index (χ4v) is 5.32. The normalized spacial score (nSPS) is 14.5. The van der Waals surface area contributed by atoms with Gasteiger partial charge in [-0.2, -0.15) is 0 Å². The fraction of sp³-hybridized carbons (Fsp3) is 0.389. The molecule has 1 aliphatic rings. The summed E-state index contributed by atoms with van der Waals surface area (Å²) in [5.41, 5.74) is 1.60. The number of aromatic nitrogens is 5. The molecular weight excluding hydrogens is 416 g/mol. The van der Waals surface area contributed by atoms with Gasteiger partial charge in [-0.1, -0.05) is 42.3 Å². The van der Waals surface area contributed by atoms with Gasteiger partial charge in [0.2, 0.25) is 11.1 Å². The largest absolute Gasteiger partial charge is 0.274 e. The van der Waals surface area contributed by atoms with Crippen molar-refractivity contribution in [3.63, 3.8) is 0 Å². The lowest BCUT2D eigenvalue weighted by Crippen LogP contribution is -2.22. The zero-order chi connectivity index (χ0) is 19.5. The molecule has 1 aliphatic carbocycles. The van der Waals surface area contributed by atoms with Crippen LogP contribution in [0.4, 0.5) is 10.8 Å². The van der Waals surface area contributed by atoms with Gasteiger partial charge in [-0.25, -0.2) is 9.67 Å². The summed E-state index contributed by atoms with van der Waals surface area (Å²) in [5, 5.41) is 16.2. The molecule has 0 radical (unpaired) electrons. The molecule has 0 spiro atoms. The first-order chi connectivity index (χ1) is 13.6. The molecule has 0 aliphatic heterocycles. The van der Waals surface area contributed by atoms with Gasteiger partial charge in [-0.15, -0.1) is 16.4 Å². The summed E-state index contributed by atoms with van der Waals surface area (Å²) in [6.45, 7) is 1.52. The van der Waals surface area contributed by atoms with Crippen molar-refractivity contribution < 1.29 is 4.79 Å².